The number of rotatable bonds is 4. The second-order valence-electron chi connectivity index (χ2n) is 4.94. The number of aromatic nitrogens is 1. The van der Waals surface area contributed by atoms with Crippen molar-refractivity contribution in [3.05, 3.63) is 36.5 Å². The van der Waals surface area contributed by atoms with Crippen molar-refractivity contribution >= 4 is 22.2 Å². The molecule has 1 aliphatic rings. The summed E-state index contributed by atoms with van der Waals surface area (Å²) in [4.78, 5) is 16.5. The lowest BCUT2D eigenvalue weighted by Crippen LogP contribution is -2.35. The molecule has 1 aliphatic heterocycles. The van der Waals surface area contributed by atoms with Gasteiger partial charge in [-0.15, -0.1) is 0 Å². The molecule has 1 saturated heterocycles. The largest absolute Gasteiger partial charge is 0.380 e. The molecule has 21 heavy (non-hydrogen) atoms. The van der Waals surface area contributed by atoms with Crippen LogP contribution in [0.5, 0.6) is 0 Å². The normalized spacial score (nSPS) is 21.4. The highest BCUT2D eigenvalue weighted by Crippen LogP contribution is 2.28. The zero-order valence-electron chi connectivity index (χ0n) is 11.7. The van der Waals surface area contributed by atoms with Crippen LogP contribution in [0.2, 0.25) is 0 Å². The summed E-state index contributed by atoms with van der Waals surface area (Å²) in [5, 5.41) is 7.75. The van der Waals surface area contributed by atoms with Crippen LogP contribution in [0.4, 0.5) is 5.00 Å². The first-order chi connectivity index (χ1) is 10.3. The molecule has 1 fully saturated rings. The Balaban J connectivity index is 1.64. The molecule has 110 valence electrons. The minimum absolute atomic E-state index is 0.0298. The summed E-state index contributed by atoms with van der Waals surface area (Å²) < 4.78 is 5.25. The van der Waals surface area contributed by atoms with Gasteiger partial charge in [-0.3, -0.25) is 4.79 Å². The van der Waals surface area contributed by atoms with Crippen molar-refractivity contribution in [3.63, 3.8) is 0 Å². The zero-order valence-corrected chi connectivity index (χ0v) is 12.5. The summed E-state index contributed by atoms with van der Waals surface area (Å²) in [7, 11) is 1.67. The number of amides is 1. The van der Waals surface area contributed by atoms with Gasteiger partial charge >= 0.3 is 0 Å². The molecule has 0 radical (unpaired) electrons. The highest BCUT2D eigenvalue weighted by atomic mass is 32.1. The number of hydrogen-bond donors (Lipinski definition) is 2. The molecule has 3 rings (SSSR count). The van der Waals surface area contributed by atoms with Crippen LogP contribution < -0.4 is 10.6 Å². The molecule has 6 heteroatoms. The van der Waals surface area contributed by atoms with Gasteiger partial charge in [0.2, 0.25) is 5.91 Å². The van der Waals surface area contributed by atoms with Gasteiger partial charge in [0, 0.05) is 19.2 Å². The smallest absolute Gasteiger partial charge is 0.242 e. The van der Waals surface area contributed by atoms with Gasteiger partial charge in [-0.1, -0.05) is 41.7 Å². The summed E-state index contributed by atoms with van der Waals surface area (Å²) >= 11 is 1.48. The number of nitrogens with one attached hydrogen (secondary N) is 2. The number of methoxy groups -OCH3 is 1. The van der Waals surface area contributed by atoms with Crippen molar-refractivity contribution in [2.45, 2.75) is 18.6 Å². The van der Waals surface area contributed by atoms with Crippen molar-refractivity contribution in [1.82, 2.24) is 10.3 Å². The highest BCUT2D eigenvalue weighted by Gasteiger charge is 2.29. The lowest BCUT2D eigenvalue weighted by molar-refractivity contribution is -0.117. The van der Waals surface area contributed by atoms with E-state index in [1.165, 1.54) is 11.3 Å². The van der Waals surface area contributed by atoms with Crippen molar-refractivity contribution in [2.24, 2.45) is 0 Å². The number of carbonyl (C=O) groups is 1. The van der Waals surface area contributed by atoms with Crippen LogP contribution in [0.25, 0.3) is 10.6 Å². The number of carbonyl (C=O) groups excluding carboxylic acids is 1. The van der Waals surface area contributed by atoms with Gasteiger partial charge in [0.1, 0.15) is 10.0 Å². The standard InChI is InChI=1S/C15H17N3O2S/c1-20-11-7-12(16-8-11)14(19)18-13-9-17-15(21-13)10-5-3-2-4-6-10/h2-6,9,11-12,16H,7-8H2,1H3,(H,18,19)/t11-,12+/m0/s1. The summed E-state index contributed by atoms with van der Waals surface area (Å²) in [6, 6.07) is 9.73. The first-order valence-corrected chi connectivity index (χ1v) is 7.66. The molecule has 5 nitrogen and oxygen atoms in total. The highest BCUT2D eigenvalue weighted by molar-refractivity contribution is 7.19. The van der Waals surface area contributed by atoms with E-state index in [-0.39, 0.29) is 18.1 Å². The van der Waals surface area contributed by atoms with E-state index in [0.29, 0.717) is 13.0 Å². The zero-order chi connectivity index (χ0) is 14.7. The van der Waals surface area contributed by atoms with Gasteiger partial charge in [-0.25, -0.2) is 4.98 Å². The Labute approximate surface area is 127 Å². The van der Waals surface area contributed by atoms with Crippen LogP contribution in [0.15, 0.2) is 36.5 Å². The fourth-order valence-electron chi connectivity index (χ4n) is 2.34. The first-order valence-electron chi connectivity index (χ1n) is 6.84. The summed E-state index contributed by atoms with van der Waals surface area (Å²) in [6.45, 7) is 0.715. The minimum atomic E-state index is -0.197. The topological polar surface area (TPSA) is 63.2 Å². The molecule has 1 aromatic carbocycles. The molecule has 2 atom stereocenters. The molecular weight excluding hydrogens is 286 g/mol. The van der Waals surface area contributed by atoms with Crippen LogP contribution >= 0.6 is 11.3 Å². The summed E-state index contributed by atoms with van der Waals surface area (Å²) in [5.74, 6) is -0.0298. The van der Waals surface area contributed by atoms with Gasteiger partial charge in [-0.2, -0.15) is 0 Å². The molecule has 1 aromatic heterocycles. The molecule has 0 bridgehead atoms. The first kappa shape index (κ1) is 14.2. The number of hydrogen-bond acceptors (Lipinski definition) is 5. The van der Waals surface area contributed by atoms with Crippen LogP contribution in [0.3, 0.4) is 0 Å². The summed E-state index contributed by atoms with van der Waals surface area (Å²) in [6.07, 6.45) is 2.52. The Hall–Kier alpha value is -1.76. The van der Waals surface area contributed by atoms with E-state index in [1.807, 2.05) is 30.3 Å². The SMILES string of the molecule is CO[C@@H]1CN[C@@H](C(=O)Nc2cnc(-c3ccccc3)s2)C1. The van der Waals surface area contributed by atoms with Crippen molar-refractivity contribution in [1.29, 1.82) is 0 Å². The Kier molecular flexibility index (Phi) is 4.28. The molecule has 1 amide bonds. The summed E-state index contributed by atoms with van der Waals surface area (Å²) in [5.41, 5.74) is 1.06. The van der Waals surface area contributed by atoms with E-state index in [9.17, 15) is 4.79 Å². The Morgan fingerprint density at radius 2 is 2.24 bits per heavy atom. The van der Waals surface area contributed by atoms with Crippen LogP contribution in [-0.2, 0) is 9.53 Å². The van der Waals surface area contributed by atoms with Gasteiger partial charge in [0.25, 0.3) is 0 Å². The number of ether oxygens (including phenoxy) is 1. The van der Waals surface area contributed by atoms with Gasteiger partial charge in [-0.05, 0) is 6.42 Å². The Morgan fingerprint density at radius 3 is 2.95 bits per heavy atom. The monoisotopic (exact) mass is 303 g/mol. The Morgan fingerprint density at radius 1 is 1.43 bits per heavy atom. The number of thiazole rings is 1. The van der Waals surface area contributed by atoms with Crippen molar-refractivity contribution in [3.8, 4) is 10.6 Å². The third-order valence-corrected chi connectivity index (χ3v) is 4.48. The molecular formula is C15H17N3O2S. The molecule has 2 aromatic rings. The fourth-order valence-corrected chi connectivity index (χ4v) is 3.16. The maximum atomic E-state index is 12.2. The van der Waals surface area contributed by atoms with Crippen LogP contribution in [0.1, 0.15) is 6.42 Å². The molecule has 0 aliphatic carbocycles. The quantitative estimate of drug-likeness (QED) is 0.908. The predicted molar refractivity (Wildman–Crippen MR) is 83.4 cm³/mol. The van der Waals surface area contributed by atoms with E-state index < -0.39 is 0 Å². The molecule has 0 unspecified atom stereocenters. The predicted octanol–water partition coefficient (Wildman–Crippen LogP) is 2.13. The van der Waals surface area contributed by atoms with Crippen molar-refractivity contribution < 1.29 is 9.53 Å². The molecule has 2 N–H and O–H groups in total. The molecule has 2 heterocycles. The maximum Gasteiger partial charge on any atom is 0.242 e. The molecule has 0 spiro atoms. The third-order valence-electron chi connectivity index (χ3n) is 3.51. The Bertz CT molecular complexity index is 614. The van der Waals surface area contributed by atoms with Gasteiger partial charge in [0.05, 0.1) is 18.3 Å². The number of benzene rings is 1. The van der Waals surface area contributed by atoms with Crippen molar-refractivity contribution in [2.75, 3.05) is 19.0 Å². The second kappa shape index (κ2) is 6.34. The van der Waals surface area contributed by atoms with Crippen LogP contribution in [0, 0.1) is 0 Å². The fraction of sp³-hybridized carbons (Fsp3) is 0.333. The molecule has 0 saturated carbocycles. The van der Waals surface area contributed by atoms with Gasteiger partial charge < -0.3 is 15.4 Å². The third kappa shape index (κ3) is 3.29. The lowest BCUT2D eigenvalue weighted by atomic mass is 10.2. The maximum absolute atomic E-state index is 12.2. The number of nitrogens with zero attached hydrogens (tertiary/aromatic N) is 1. The lowest BCUT2D eigenvalue weighted by Gasteiger charge is -2.09. The number of anilines is 1. The van der Waals surface area contributed by atoms with Gasteiger partial charge in [0.15, 0.2) is 0 Å². The van der Waals surface area contributed by atoms with E-state index in [4.69, 9.17) is 4.74 Å². The van der Waals surface area contributed by atoms with E-state index in [1.54, 1.807) is 13.3 Å². The minimum Gasteiger partial charge on any atom is -0.380 e. The van der Waals surface area contributed by atoms with E-state index >= 15 is 0 Å². The second-order valence-corrected chi connectivity index (χ2v) is 5.97. The average molecular weight is 303 g/mol. The van der Waals surface area contributed by atoms with E-state index in [2.05, 4.69) is 15.6 Å². The average Bonchev–Trinajstić information content (AvgIpc) is 3.17. The van der Waals surface area contributed by atoms with E-state index in [0.717, 1.165) is 15.6 Å². The van der Waals surface area contributed by atoms with Crippen LogP contribution in [-0.4, -0.2) is 36.7 Å².